The molecule has 3 amide bonds. The third-order valence-electron chi connectivity index (χ3n) is 5.68. The molecule has 0 spiro atoms. The number of aliphatic hydroxyl groups is 1. The van der Waals surface area contributed by atoms with E-state index in [1.807, 2.05) is 6.92 Å². The molecule has 1 rings (SSSR count). The van der Waals surface area contributed by atoms with Crippen LogP contribution in [-0.2, 0) is 14.4 Å². The first kappa shape index (κ1) is 27.7. The van der Waals surface area contributed by atoms with E-state index >= 15 is 0 Å². The van der Waals surface area contributed by atoms with E-state index in [1.54, 1.807) is 32.7 Å². The first-order chi connectivity index (χ1) is 14.5. The molecule has 2 atom stereocenters. The van der Waals surface area contributed by atoms with Gasteiger partial charge in [0.15, 0.2) is 0 Å². The van der Waals surface area contributed by atoms with Crippen LogP contribution >= 0.6 is 11.8 Å². The highest BCUT2D eigenvalue weighted by Gasteiger charge is 2.36. The van der Waals surface area contributed by atoms with Crippen LogP contribution in [0, 0.1) is 0 Å². The monoisotopic (exact) mass is 458 g/mol. The largest absolute Gasteiger partial charge is 0.390 e. The van der Waals surface area contributed by atoms with E-state index in [1.165, 1.54) is 42.8 Å². The smallest absolute Gasteiger partial charge is 0.246 e. The van der Waals surface area contributed by atoms with E-state index in [0.717, 1.165) is 18.7 Å². The highest BCUT2D eigenvalue weighted by atomic mass is 32.2. The molecule has 0 aliphatic carbocycles. The summed E-state index contributed by atoms with van der Waals surface area (Å²) < 4.78 is 0. The van der Waals surface area contributed by atoms with Crippen LogP contribution in [0.2, 0.25) is 0 Å². The summed E-state index contributed by atoms with van der Waals surface area (Å²) in [5.74, 6) is 0.279. The Bertz CT molecular complexity index is 591. The Morgan fingerprint density at radius 3 is 2.26 bits per heavy atom. The van der Waals surface area contributed by atoms with Crippen molar-refractivity contribution in [2.24, 2.45) is 5.73 Å². The highest BCUT2D eigenvalue weighted by molar-refractivity contribution is 7.99. The number of thioether (sulfide) groups is 1. The predicted octanol–water partition coefficient (Wildman–Crippen LogP) is 1.31. The van der Waals surface area contributed by atoms with Crippen molar-refractivity contribution >= 4 is 29.5 Å². The number of primary amides is 1. The minimum atomic E-state index is -1.15. The molecule has 9 heteroatoms. The van der Waals surface area contributed by atoms with Crippen molar-refractivity contribution in [2.45, 2.75) is 77.0 Å². The Hall–Kier alpha value is -1.32. The number of likely N-dealkylation sites (N-methyl/N-ethyl adjacent to an activating group) is 2. The van der Waals surface area contributed by atoms with Gasteiger partial charge in [-0.1, -0.05) is 6.92 Å². The normalized spacial score (nSPS) is 16.7. The molecular formula is C22H42N4O4S. The van der Waals surface area contributed by atoms with Gasteiger partial charge in [0.25, 0.3) is 0 Å². The second-order valence-corrected chi connectivity index (χ2v) is 10.3. The third kappa shape index (κ3) is 9.78. The summed E-state index contributed by atoms with van der Waals surface area (Å²) in [6, 6.07) is -1.62. The number of carbonyl (C=O) groups excluding carboxylic acids is 3. The van der Waals surface area contributed by atoms with Crippen molar-refractivity contribution in [1.29, 1.82) is 0 Å². The van der Waals surface area contributed by atoms with Crippen molar-refractivity contribution < 1.29 is 19.5 Å². The summed E-state index contributed by atoms with van der Waals surface area (Å²) in [5, 5.41) is 10.1. The van der Waals surface area contributed by atoms with Crippen molar-refractivity contribution in [3.8, 4) is 0 Å². The standard InChI is InChI=1S/C22H42N4O4S/c1-6-10-19(27)24(4)18(16-31-14-9-13-26-11-7-8-12-26)21(29)25(5)17(20(23)28)15-22(2,3)30/h17-18,30H,6-16H2,1-5H3,(H2,23,28)/t17-,18+/m0/s1. The molecule has 0 unspecified atom stereocenters. The highest BCUT2D eigenvalue weighted by Crippen LogP contribution is 2.19. The van der Waals surface area contributed by atoms with Crippen molar-refractivity contribution in [1.82, 2.24) is 14.7 Å². The molecule has 0 radical (unpaired) electrons. The number of carbonyl (C=O) groups is 3. The Morgan fingerprint density at radius 1 is 1.13 bits per heavy atom. The molecule has 8 nitrogen and oxygen atoms in total. The summed E-state index contributed by atoms with van der Waals surface area (Å²) in [4.78, 5) is 43.1. The first-order valence-corrected chi connectivity index (χ1v) is 12.5. The third-order valence-corrected chi connectivity index (χ3v) is 6.81. The number of amides is 3. The zero-order valence-electron chi connectivity index (χ0n) is 19.9. The average molecular weight is 459 g/mol. The molecule has 0 saturated carbocycles. The van der Waals surface area contributed by atoms with E-state index in [9.17, 15) is 19.5 Å². The first-order valence-electron chi connectivity index (χ1n) is 11.3. The minimum absolute atomic E-state index is 0.0346. The summed E-state index contributed by atoms with van der Waals surface area (Å²) in [6.45, 7) is 8.47. The van der Waals surface area contributed by atoms with Gasteiger partial charge in [-0.25, -0.2) is 0 Å². The van der Waals surface area contributed by atoms with Gasteiger partial charge in [-0.2, -0.15) is 11.8 Å². The summed E-state index contributed by atoms with van der Waals surface area (Å²) in [7, 11) is 3.17. The Kier molecular flexibility index (Phi) is 11.9. The van der Waals surface area contributed by atoms with E-state index in [4.69, 9.17) is 5.73 Å². The van der Waals surface area contributed by atoms with Gasteiger partial charge in [0, 0.05) is 32.7 Å². The van der Waals surface area contributed by atoms with E-state index in [0.29, 0.717) is 18.6 Å². The number of hydrogen-bond acceptors (Lipinski definition) is 6. The van der Waals surface area contributed by atoms with Crippen LogP contribution in [0.5, 0.6) is 0 Å². The Labute approximate surface area is 191 Å². The fraction of sp³-hybridized carbons (Fsp3) is 0.864. The lowest BCUT2D eigenvalue weighted by Gasteiger charge is -2.35. The molecule has 0 bridgehead atoms. The zero-order valence-corrected chi connectivity index (χ0v) is 20.7. The van der Waals surface area contributed by atoms with Gasteiger partial charge in [-0.15, -0.1) is 0 Å². The van der Waals surface area contributed by atoms with Gasteiger partial charge in [0.1, 0.15) is 12.1 Å². The molecule has 31 heavy (non-hydrogen) atoms. The molecule has 1 aliphatic rings. The van der Waals surface area contributed by atoms with Crippen LogP contribution in [0.3, 0.4) is 0 Å². The lowest BCUT2D eigenvalue weighted by Crippen LogP contribution is -2.56. The summed E-state index contributed by atoms with van der Waals surface area (Å²) in [6.07, 6.45) is 4.68. The summed E-state index contributed by atoms with van der Waals surface area (Å²) >= 11 is 1.65. The van der Waals surface area contributed by atoms with Crippen LogP contribution in [-0.4, -0.2) is 100 Å². The maximum atomic E-state index is 13.3. The van der Waals surface area contributed by atoms with Crippen molar-refractivity contribution in [2.75, 3.05) is 45.2 Å². The van der Waals surface area contributed by atoms with Crippen LogP contribution in [0.25, 0.3) is 0 Å². The lowest BCUT2D eigenvalue weighted by molar-refractivity contribution is -0.147. The number of hydrogen-bond donors (Lipinski definition) is 2. The fourth-order valence-electron chi connectivity index (χ4n) is 3.79. The lowest BCUT2D eigenvalue weighted by atomic mass is 9.97. The van der Waals surface area contributed by atoms with Crippen molar-refractivity contribution in [3.63, 3.8) is 0 Å². The van der Waals surface area contributed by atoms with E-state index < -0.39 is 23.6 Å². The topological polar surface area (TPSA) is 107 Å². The molecule has 1 heterocycles. The predicted molar refractivity (Wildman–Crippen MR) is 126 cm³/mol. The summed E-state index contributed by atoms with van der Waals surface area (Å²) in [5.41, 5.74) is 4.38. The number of nitrogens with zero attached hydrogens (tertiary/aromatic N) is 3. The Balaban J connectivity index is 2.80. The second-order valence-electron chi connectivity index (χ2n) is 9.13. The van der Waals surface area contributed by atoms with Gasteiger partial charge in [0.2, 0.25) is 17.7 Å². The SMILES string of the molecule is CCCC(=O)N(C)[C@H](CSCCCN1CCCC1)C(=O)N(C)[C@@H](CC(C)(C)O)C(N)=O. The number of rotatable bonds is 14. The van der Waals surface area contributed by atoms with Crippen LogP contribution < -0.4 is 5.73 Å². The van der Waals surface area contributed by atoms with E-state index in [-0.39, 0.29) is 18.2 Å². The molecular weight excluding hydrogens is 416 g/mol. The number of nitrogens with two attached hydrogens (primary N) is 1. The molecule has 1 fully saturated rings. The zero-order chi connectivity index (χ0) is 23.6. The van der Waals surface area contributed by atoms with Gasteiger partial charge < -0.3 is 25.5 Å². The quantitative estimate of drug-likeness (QED) is 0.380. The number of likely N-dealkylation sites (tertiary alicyclic amines) is 1. The van der Waals surface area contributed by atoms with E-state index in [2.05, 4.69) is 4.90 Å². The Morgan fingerprint density at radius 2 is 1.74 bits per heavy atom. The van der Waals surface area contributed by atoms with Crippen LogP contribution in [0.4, 0.5) is 0 Å². The van der Waals surface area contributed by atoms with Crippen LogP contribution in [0.1, 0.15) is 59.3 Å². The van der Waals surface area contributed by atoms with Crippen LogP contribution in [0.15, 0.2) is 0 Å². The second kappa shape index (κ2) is 13.3. The molecule has 0 aromatic carbocycles. The van der Waals surface area contributed by atoms with Gasteiger partial charge in [0.05, 0.1) is 5.60 Å². The van der Waals surface area contributed by atoms with Gasteiger partial charge >= 0.3 is 0 Å². The maximum absolute atomic E-state index is 13.3. The molecule has 1 saturated heterocycles. The van der Waals surface area contributed by atoms with Crippen molar-refractivity contribution in [3.05, 3.63) is 0 Å². The molecule has 0 aromatic rings. The average Bonchev–Trinajstić information content (AvgIpc) is 3.20. The van der Waals surface area contributed by atoms with Gasteiger partial charge in [-0.3, -0.25) is 14.4 Å². The molecule has 180 valence electrons. The molecule has 3 N–H and O–H groups in total. The fourth-order valence-corrected chi connectivity index (χ4v) is 4.88. The minimum Gasteiger partial charge on any atom is -0.390 e. The maximum Gasteiger partial charge on any atom is 0.246 e. The molecule has 1 aliphatic heterocycles. The van der Waals surface area contributed by atoms with Gasteiger partial charge in [-0.05, 0) is 64.9 Å². The molecule has 0 aromatic heterocycles.